The van der Waals surface area contributed by atoms with Gasteiger partial charge in [-0.2, -0.15) is 5.26 Å². The Bertz CT molecular complexity index is 3120. The van der Waals surface area contributed by atoms with E-state index in [1.807, 2.05) is 54.7 Å². The summed E-state index contributed by atoms with van der Waals surface area (Å²) < 4.78 is 25.6. The van der Waals surface area contributed by atoms with Crippen LogP contribution in [0.15, 0.2) is 132 Å². The molecule has 6 aromatic carbocycles. The number of rotatable bonds is 7. The Morgan fingerprint density at radius 2 is 1.47 bits per heavy atom. The second-order valence-electron chi connectivity index (χ2n) is 19.0. The molecule has 0 aliphatic carbocycles. The molecule has 5 nitrogen and oxygen atoms in total. The summed E-state index contributed by atoms with van der Waals surface area (Å²) in [6, 6.07) is 49.0. The molecule has 0 aliphatic heterocycles. The van der Waals surface area contributed by atoms with Gasteiger partial charge in [0.25, 0.3) is 0 Å². The van der Waals surface area contributed by atoms with Gasteiger partial charge >= 0.3 is 201 Å². The summed E-state index contributed by atoms with van der Waals surface area (Å²) in [5.74, 6) is 7.70. The smallest absolute Gasteiger partial charge is 0 e. The van der Waals surface area contributed by atoms with Gasteiger partial charge < -0.3 is 9.40 Å². The Kier molecular flexibility index (Phi) is 13.4. The van der Waals surface area contributed by atoms with Crippen LogP contribution in [0.25, 0.3) is 72.4 Å². The predicted molar refractivity (Wildman–Crippen MR) is 261 cm³/mol. The Morgan fingerprint density at radius 1 is 0.781 bits per heavy atom. The molecule has 0 N–H and O–H groups in total. The summed E-state index contributed by atoms with van der Waals surface area (Å²) >= 11 is -1.95. The quantitative estimate of drug-likeness (QED) is 0.118. The molecule has 9 aromatic rings. The van der Waals surface area contributed by atoms with Crippen LogP contribution in [0.2, 0.25) is 17.3 Å². The molecule has 3 aromatic heterocycles. The van der Waals surface area contributed by atoms with Crippen LogP contribution >= 0.6 is 0 Å². The molecule has 0 saturated heterocycles. The first-order valence-corrected chi connectivity index (χ1v) is 29.0. The molecule has 0 fully saturated rings. The zero-order chi connectivity index (χ0) is 44.8. The van der Waals surface area contributed by atoms with Gasteiger partial charge in [0.1, 0.15) is 5.58 Å². The second-order valence-corrected chi connectivity index (χ2v) is 29.7. The van der Waals surface area contributed by atoms with Crippen molar-refractivity contribution in [1.29, 1.82) is 5.26 Å². The zero-order valence-corrected chi connectivity index (χ0v) is 42.7. The first kappa shape index (κ1) is 46.3. The van der Waals surface area contributed by atoms with Crippen LogP contribution in [0, 0.1) is 29.3 Å². The molecular weight excluding hydrogens is 1030 g/mol. The van der Waals surface area contributed by atoms with Gasteiger partial charge in [0.05, 0.1) is 11.6 Å². The minimum atomic E-state index is -1.95. The SMILES string of the molecule is CC(C)(C)c1ccc(-c2[c-]cccc2)nc1.CC(C)c1cc(-c2cc[c]([Ge]([CH3])([CH3])[CH3])cc2)cc(C(C)C)c1-n1c(-c2[c-]c(F)cc3c2oc2cc(C#N)ccc23)nc2ccccc21.[Ir]. The number of benzene rings is 6. The van der Waals surface area contributed by atoms with Gasteiger partial charge in [-0.15, -0.1) is 35.9 Å². The Balaban J connectivity index is 0.000000304. The van der Waals surface area contributed by atoms with Crippen molar-refractivity contribution in [2.75, 3.05) is 0 Å². The monoisotopic (exact) mass is 1080 g/mol. The van der Waals surface area contributed by atoms with Crippen LogP contribution in [0.5, 0.6) is 0 Å². The van der Waals surface area contributed by atoms with Crippen LogP contribution < -0.4 is 4.40 Å². The number of hydrogen-bond acceptors (Lipinski definition) is 4. The first-order valence-electron chi connectivity index (χ1n) is 21.7. The average Bonchev–Trinajstić information content (AvgIpc) is 3.83. The standard InChI is InChI=1S/C41H37FGeN3O.C15H16N.Ir/c1-24(2)32-19-28(27-13-15-30(16-14-27)43(5,6)7)20-33(25(3)4)39(32)46-37-11-9-8-10-36(37)45-41(46)35-22-29(42)21-34-31-17-12-26(23-44)18-38(31)47-40(34)35;1-15(2,3)13-9-10-14(16-11-13)12-7-5-4-6-8-12;/h8-21,24-25H,1-7H3;4-7,9-11H,1-3H3;/q2*-1;. The molecule has 3 heterocycles. The van der Waals surface area contributed by atoms with E-state index in [4.69, 9.17) is 9.40 Å². The maximum Gasteiger partial charge on any atom is 0 e. The largest absolute Gasteiger partial charge is 0 e. The van der Waals surface area contributed by atoms with E-state index < -0.39 is 19.1 Å². The van der Waals surface area contributed by atoms with Crippen molar-refractivity contribution in [3.8, 4) is 45.5 Å². The molecule has 64 heavy (non-hydrogen) atoms. The molecule has 0 bridgehead atoms. The van der Waals surface area contributed by atoms with Gasteiger partial charge in [-0.3, -0.25) is 0 Å². The van der Waals surface area contributed by atoms with Crippen LogP contribution in [0.1, 0.15) is 82.6 Å². The maximum atomic E-state index is 15.5. The third kappa shape index (κ3) is 9.29. The van der Waals surface area contributed by atoms with Crippen LogP contribution in [0.4, 0.5) is 4.39 Å². The molecule has 8 heteroatoms. The zero-order valence-electron chi connectivity index (χ0n) is 38.2. The fourth-order valence-electron chi connectivity index (χ4n) is 8.13. The number of nitrogens with zero attached hydrogens (tertiary/aromatic N) is 4. The molecule has 1 radical (unpaired) electrons. The molecule has 9 rings (SSSR count). The summed E-state index contributed by atoms with van der Waals surface area (Å²) in [6.07, 6.45) is 1.95. The summed E-state index contributed by atoms with van der Waals surface area (Å²) in [4.78, 5) is 9.61. The molecule has 0 atom stereocenters. The molecular formula is C56H53FGeIrN4O-2. The number of aromatic nitrogens is 3. The number of hydrogen-bond donors (Lipinski definition) is 0. The fourth-order valence-corrected chi connectivity index (χ4v) is 10.6. The maximum absolute atomic E-state index is 15.5. The fraction of sp³-hybridized carbons (Fsp3) is 0.232. The summed E-state index contributed by atoms with van der Waals surface area (Å²) in [5.41, 5.74) is 12.9. The van der Waals surface area contributed by atoms with E-state index in [-0.39, 0.29) is 37.4 Å². The van der Waals surface area contributed by atoms with Crippen molar-refractivity contribution in [1.82, 2.24) is 14.5 Å². The van der Waals surface area contributed by atoms with Gasteiger partial charge in [0.15, 0.2) is 0 Å². The third-order valence-corrected chi connectivity index (χ3v) is 16.1. The number of nitriles is 1. The van der Waals surface area contributed by atoms with Crippen LogP contribution in [-0.4, -0.2) is 27.8 Å². The minimum Gasteiger partial charge on any atom is 0 e. The number of fused-ring (bicyclic) bond motifs is 4. The summed E-state index contributed by atoms with van der Waals surface area (Å²) in [7, 11) is 0. The van der Waals surface area contributed by atoms with Crippen molar-refractivity contribution < 1.29 is 28.9 Å². The van der Waals surface area contributed by atoms with Crippen molar-refractivity contribution in [2.45, 2.75) is 83.0 Å². The van der Waals surface area contributed by atoms with Crippen molar-refractivity contribution in [3.05, 3.63) is 168 Å². The van der Waals surface area contributed by atoms with E-state index in [0.717, 1.165) is 33.4 Å². The Labute approximate surface area is 393 Å². The molecule has 0 amide bonds. The van der Waals surface area contributed by atoms with Crippen LogP contribution in [-0.2, 0) is 25.5 Å². The molecule has 325 valence electrons. The van der Waals surface area contributed by atoms with Gasteiger partial charge in [-0.25, -0.2) is 4.39 Å². The van der Waals surface area contributed by atoms with E-state index in [1.54, 1.807) is 12.1 Å². The number of halogens is 1. The summed E-state index contributed by atoms with van der Waals surface area (Å²) in [6.45, 7) is 15.5. The number of imidazole rings is 1. The minimum absolute atomic E-state index is 0. The Morgan fingerprint density at radius 3 is 2.06 bits per heavy atom. The topological polar surface area (TPSA) is 67.6 Å². The van der Waals surface area contributed by atoms with Gasteiger partial charge in [-0.1, -0.05) is 56.5 Å². The van der Waals surface area contributed by atoms with E-state index in [9.17, 15) is 5.26 Å². The van der Waals surface area contributed by atoms with E-state index >= 15 is 4.39 Å². The van der Waals surface area contributed by atoms with Gasteiger partial charge in [-0.05, 0) is 28.8 Å². The number of pyridine rings is 1. The van der Waals surface area contributed by atoms with E-state index in [1.165, 1.54) is 38.3 Å². The van der Waals surface area contributed by atoms with Crippen LogP contribution in [0.3, 0.4) is 0 Å². The number of furan rings is 1. The summed E-state index contributed by atoms with van der Waals surface area (Å²) in [5, 5.41) is 10.9. The first-order chi connectivity index (χ1) is 30.0. The number of para-hydroxylation sites is 2. The predicted octanol–water partition coefficient (Wildman–Crippen LogP) is 14.7. The van der Waals surface area contributed by atoms with Crippen molar-refractivity contribution in [3.63, 3.8) is 0 Å². The molecule has 0 aliphatic rings. The van der Waals surface area contributed by atoms with E-state index in [0.29, 0.717) is 33.5 Å². The Hall–Kier alpha value is -5.65. The van der Waals surface area contributed by atoms with E-state index in [2.05, 4.69) is 148 Å². The van der Waals surface area contributed by atoms with Gasteiger partial charge in [0.2, 0.25) is 0 Å². The second kappa shape index (κ2) is 18.5. The van der Waals surface area contributed by atoms with Crippen molar-refractivity contribution >= 4 is 50.6 Å². The van der Waals surface area contributed by atoms with Crippen molar-refractivity contribution in [2.24, 2.45) is 0 Å². The normalized spacial score (nSPS) is 11.8. The van der Waals surface area contributed by atoms with Gasteiger partial charge in [0, 0.05) is 37.5 Å². The average molecular weight is 1080 g/mol. The third-order valence-electron chi connectivity index (χ3n) is 11.7. The molecule has 0 spiro atoms. The molecule has 0 saturated carbocycles. The molecule has 0 unspecified atom stereocenters.